The molecule has 0 saturated heterocycles. The van der Waals surface area contributed by atoms with Gasteiger partial charge in [-0.25, -0.2) is 0 Å². The van der Waals surface area contributed by atoms with Crippen LogP contribution in [0.5, 0.6) is 0 Å². The standard InChI is InChI=1S/C2F4N2O2S/c3-7(4)1(9)11-2(10)8(5)6. The molecule has 4 nitrogen and oxygen atoms in total. The van der Waals surface area contributed by atoms with E-state index >= 15 is 0 Å². The van der Waals surface area contributed by atoms with Crippen LogP contribution in [0, 0.1) is 0 Å². The summed E-state index contributed by atoms with van der Waals surface area (Å²) in [4.78, 5) is 19.6. The Morgan fingerprint density at radius 3 is 1.36 bits per heavy atom. The van der Waals surface area contributed by atoms with Gasteiger partial charge < -0.3 is 0 Å². The molecule has 0 aromatic rings. The lowest BCUT2D eigenvalue weighted by molar-refractivity contribution is -0.0908. The van der Waals surface area contributed by atoms with E-state index in [-0.39, 0.29) is 0 Å². The van der Waals surface area contributed by atoms with Crippen molar-refractivity contribution in [2.75, 3.05) is 0 Å². The molecule has 0 atom stereocenters. The molecule has 0 aliphatic heterocycles. The number of hydrogen-bond acceptors (Lipinski definition) is 3. The van der Waals surface area contributed by atoms with Gasteiger partial charge >= 0.3 is 10.5 Å². The second-order valence-electron chi connectivity index (χ2n) is 1.10. The van der Waals surface area contributed by atoms with Gasteiger partial charge in [-0.2, -0.15) is 0 Å². The van der Waals surface area contributed by atoms with Crippen molar-refractivity contribution < 1.29 is 27.5 Å². The van der Waals surface area contributed by atoms with Crippen molar-refractivity contribution in [2.45, 2.75) is 0 Å². The predicted molar refractivity (Wildman–Crippen MR) is 26.5 cm³/mol. The summed E-state index contributed by atoms with van der Waals surface area (Å²) in [7, 11) is 0. The summed E-state index contributed by atoms with van der Waals surface area (Å²) in [5, 5.41) is -8.05. The topological polar surface area (TPSA) is 40.6 Å². The van der Waals surface area contributed by atoms with Crippen LogP contribution in [-0.4, -0.2) is 21.2 Å². The van der Waals surface area contributed by atoms with E-state index in [4.69, 9.17) is 0 Å². The molecule has 2 amide bonds. The number of amides is 2. The Morgan fingerprint density at radius 1 is 0.909 bits per heavy atom. The van der Waals surface area contributed by atoms with Crippen molar-refractivity contribution in [1.82, 2.24) is 10.7 Å². The SMILES string of the molecule is O=C(SC(=O)N(F)F)N(F)F. The van der Waals surface area contributed by atoms with Gasteiger partial charge in [0.25, 0.3) is 0 Å². The lowest BCUT2D eigenvalue weighted by Gasteiger charge is -1.98. The van der Waals surface area contributed by atoms with E-state index in [9.17, 15) is 27.5 Å². The third-order valence-corrected chi connectivity index (χ3v) is 1.08. The van der Waals surface area contributed by atoms with Gasteiger partial charge in [0.2, 0.25) is 0 Å². The van der Waals surface area contributed by atoms with E-state index in [2.05, 4.69) is 0 Å². The molecule has 0 bridgehead atoms. The Labute approximate surface area is 61.5 Å². The Hall–Kier alpha value is -0.990. The van der Waals surface area contributed by atoms with Gasteiger partial charge in [-0.1, -0.05) is 17.9 Å². The zero-order chi connectivity index (χ0) is 9.02. The summed E-state index contributed by atoms with van der Waals surface area (Å²) < 4.78 is 44.4. The Balaban J connectivity index is 3.86. The van der Waals surface area contributed by atoms with Gasteiger partial charge in [0.05, 0.1) is 0 Å². The fraction of sp³-hybridized carbons (Fsp3) is 0. The first-order chi connectivity index (χ1) is 4.95. The monoisotopic (exact) mass is 192 g/mol. The Kier molecular flexibility index (Phi) is 3.65. The Morgan fingerprint density at radius 2 is 1.18 bits per heavy atom. The molecule has 64 valence electrons. The highest BCUT2D eigenvalue weighted by atomic mass is 32.2. The first-order valence-corrected chi connectivity index (χ1v) is 2.76. The predicted octanol–water partition coefficient (Wildman–Crippen LogP) is 2.10. The minimum atomic E-state index is -2.06. The van der Waals surface area contributed by atoms with Crippen molar-refractivity contribution in [3.05, 3.63) is 0 Å². The molecule has 0 fully saturated rings. The van der Waals surface area contributed by atoms with Crippen molar-refractivity contribution in [2.24, 2.45) is 0 Å². The van der Waals surface area contributed by atoms with Crippen molar-refractivity contribution in [1.29, 1.82) is 0 Å². The number of thioether (sulfide) groups is 1. The number of nitrogens with zero attached hydrogens (tertiary/aromatic N) is 2. The maximum Gasteiger partial charge on any atom is 0.350 e. The molecular weight excluding hydrogens is 192 g/mol. The number of carbonyl (C=O) groups excluding carboxylic acids is 2. The summed E-state index contributed by atoms with van der Waals surface area (Å²) in [5.74, 6) is 0. The molecule has 0 rings (SSSR count). The van der Waals surface area contributed by atoms with Gasteiger partial charge in [0.15, 0.2) is 0 Å². The van der Waals surface area contributed by atoms with Crippen LogP contribution in [0.25, 0.3) is 0 Å². The largest absolute Gasteiger partial charge is 0.350 e. The van der Waals surface area contributed by atoms with E-state index in [0.29, 0.717) is 0 Å². The van der Waals surface area contributed by atoms with Gasteiger partial charge in [-0.3, -0.25) is 9.59 Å². The van der Waals surface area contributed by atoms with Crippen LogP contribution >= 0.6 is 11.8 Å². The third-order valence-electron chi connectivity index (χ3n) is 0.451. The quantitative estimate of drug-likeness (QED) is 0.436. The van der Waals surface area contributed by atoms with E-state index in [1.807, 2.05) is 0 Å². The normalized spacial score (nSPS) is 9.09. The summed E-state index contributed by atoms with van der Waals surface area (Å²) in [6.07, 6.45) is 0. The first kappa shape index (κ1) is 10.0. The summed E-state index contributed by atoms with van der Waals surface area (Å²) in [5.41, 5.74) is 0. The van der Waals surface area contributed by atoms with Crippen LogP contribution in [-0.2, 0) is 0 Å². The smallest absolute Gasteiger partial charge is 0.256 e. The second kappa shape index (κ2) is 4.01. The highest BCUT2D eigenvalue weighted by molar-refractivity contribution is 8.25. The molecule has 0 aliphatic carbocycles. The number of carbonyl (C=O) groups is 2. The minimum absolute atomic E-state index is 0.810. The fourth-order valence-corrected chi connectivity index (χ4v) is 0.431. The lowest BCUT2D eigenvalue weighted by atomic mass is 11.4. The van der Waals surface area contributed by atoms with Crippen LogP contribution < -0.4 is 0 Å². The highest BCUT2D eigenvalue weighted by Gasteiger charge is 2.23. The first-order valence-electron chi connectivity index (χ1n) is 1.94. The van der Waals surface area contributed by atoms with E-state index in [1.165, 1.54) is 0 Å². The molecule has 0 saturated carbocycles. The molecule has 0 spiro atoms. The van der Waals surface area contributed by atoms with Gasteiger partial charge in [0, 0.05) is 22.5 Å². The third kappa shape index (κ3) is 3.65. The Bertz CT molecular complexity index is 155. The van der Waals surface area contributed by atoms with E-state index < -0.39 is 32.9 Å². The lowest BCUT2D eigenvalue weighted by Crippen LogP contribution is -2.14. The van der Waals surface area contributed by atoms with Gasteiger partial charge in [-0.05, 0) is 0 Å². The number of rotatable bonds is 0. The van der Waals surface area contributed by atoms with Crippen molar-refractivity contribution in [3.63, 3.8) is 0 Å². The van der Waals surface area contributed by atoms with Gasteiger partial charge in [0.1, 0.15) is 0 Å². The van der Waals surface area contributed by atoms with Gasteiger partial charge in [-0.15, -0.1) is 0 Å². The molecular formula is C2F4N2O2S. The summed E-state index contributed by atoms with van der Waals surface area (Å²) in [6, 6.07) is 0. The molecule has 11 heavy (non-hydrogen) atoms. The van der Waals surface area contributed by atoms with Crippen LogP contribution in [0.3, 0.4) is 0 Å². The molecule has 9 heteroatoms. The van der Waals surface area contributed by atoms with E-state index in [0.717, 1.165) is 0 Å². The molecule has 0 unspecified atom stereocenters. The summed E-state index contributed by atoms with van der Waals surface area (Å²) >= 11 is -0.810. The minimum Gasteiger partial charge on any atom is -0.256 e. The zero-order valence-electron chi connectivity index (χ0n) is 4.63. The zero-order valence-corrected chi connectivity index (χ0v) is 5.45. The van der Waals surface area contributed by atoms with Crippen LogP contribution in [0.2, 0.25) is 0 Å². The second-order valence-corrected chi connectivity index (χ2v) is 2.00. The van der Waals surface area contributed by atoms with Crippen molar-refractivity contribution in [3.8, 4) is 0 Å². The van der Waals surface area contributed by atoms with Crippen LogP contribution in [0.15, 0.2) is 0 Å². The number of halogens is 4. The molecule has 0 aromatic carbocycles. The van der Waals surface area contributed by atoms with Crippen LogP contribution in [0.1, 0.15) is 0 Å². The van der Waals surface area contributed by atoms with E-state index in [1.54, 1.807) is 0 Å². The number of hydrogen-bond donors (Lipinski definition) is 0. The maximum atomic E-state index is 11.1. The molecule has 0 heterocycles. The fourth-order valence-electron chi connectivity index (χ4n) is 0.144. The highest BCUT2D eigenvalue weighted by Crippen LogP contribution is 2.14. The van der Waals surface area contributed by atoms with Crippen molar-refractivity contribution >= 4 is 22.2 Å². The molecule has 0 N–H and O–H groups in total. The molecule has 0 aromatic heterocycles. The summed E-state index contributed by atoms with van der Waals surface area (Å²) in [6.45, 7) is 0. The average Bonchev–Trinajstić information content (AvgIpc) is 1.87. The maximum absolute atomic E-state index is 11.1. The molecule has 0 radical (unpaired) electrons. The average molecular weight is 192 g/mol. The molecule has 0 aliphatic rings. The van der Waals surface area contributed by atoms with Crippen LogP contribution in [0.4, 0.5) is 27.5 Å².